The molecular formula is C17H12F3N3O3. The minimum absolute atomic E-state index is 0.0669. The molecule has 26 heavy (non-hydrogen) atoms. The fourth-order valence-corrected chi connectivity index (χ4v) is 2.62. The molecule has 1 N–H and O–H groups in total. The highest BCUT2D eigenvalue weighted by Gasteiger charge is 2.31. The molecule has 6 nitrogen and oxygen atoms in total. The Labute approximate surface area is 145 Å². The van der Waals surface area contributed by atoms with Crippen LogP contribution >= 0.6 is 0 Å². The lowest BCUT2D eigenvalue weighted by atomic mass is 10.2. The van der Waals surface area contributed by atoms with Crippen molar-refractivity contribution in [3.05, 3.63) is 53.8 Å². The molecule has 0 radical (unpaired) electrons. The van der Waals surface area contributed by atoms with E-state index < -0.39 is 24.6 Å². The van der Waals surface area contributed by atoms with Crippen molar-refractivity contribution in [2.24, 2.45) is 0 Å². The van der Waals surface area contributed by atoms with Gasteiger partial charge in [0.15, 0.2) is 17.8 Å². The van der Waals surface area contributed by atoms with Gasteiger partial charge in [-0.3, -0.25) is 4.79 Å². The number of alkyl halides is 2. The molecule has 1 amide bonds. The van der Waals surface area contributed by atoms with Crippen LogP contribution in [-0.2, 0) is 4.74 Å². The van der Waals surface area contributed by atoms with Gasteiger partial charge in [-0.25, -0.2) is 9.07 Å². The number of aromatic nitrogens is 2. The van der Waals surface area contributed by atoms with Crippen molar-refractivity contribution < 1.29 is 27.4 Å². The number of anilines is 1. The second-order valence-corrected chi connectivity index (χ2v) is 5.57. The van der Waals surface area contributed by atoms with Crippen LogP contribution in [0.25, 0.3) is 10.9 Å². The number of carbonyl (C=O) groups excluding carboxylic acids is 1. The lowest BCUT2D eigenvalue weighted by molar-refractivity contribution is -0.0490. The van der Waals surface area contributed by atoms with Crippen LogP contribution < -0.4 is 10.1 Å². The van der Waals surface area contributed by atoms with E-state index >= 15 is 0 Å². The summed E-state index contributed by atoms with van der Waals surface area (Å²) in [6.45, 7) is -2.62. The van der Waals surface area contributed by atoms with Crippen molar-refractivity contribution in [1.29, 1.82) is 0 Å². The van der Waals surface area contributed by atoms with E-state index in [2.05, 4.69) is 15.2 Å². The number of benzene rings is 2. The monoisotopic (exact) mass is 363 g/mol. The third-order valence-corrected chi connectivity index (χ3v) is 3.83. The molecule has 1 aromatic heterocycles. The third kappa shape index (κ3) is 3.08. The molecule has 3 aromatic rings. The maximum absolute atomic E-state index is 13.0. The van der Waals surface area contributed by atoms with Gasteiger partial charge < -0.3 is 14.8 Å². The van der Waals surface area contributed by atoms with E-state index in [1.807, 2.05) is 0 Å². The molecule has 1 aliphatic rings. The highest BCUT2D eigenvalue weighted by molar-refractivity contribution is 6.08. The highest BCUT2D eigenvalue weighted by Crippen LogP contribution is 2.37. The number of amides is 1. The van der Waals surface area contributed by atoms with Crippen molar-refractivity contribution in [2.45, 2.75) is 12.8 Å². The normalized spacial score (nSPS) is 16.1. The van der Waals surface area contributed by atoms with E-state index in [0.29, 0.717) is 17.5 Å². The van der Waals surface area contributed by atoms with Crippen LogP contribution in [0.5, 0.6) is 5.75 Å². The molecule has 0 bridgehead atoms. The van der Waals surface area contributed by atoms with Crippen LogP contribution in [0.4, 0.5) is 19.0 Å². The zero-order chi connectivity index (χ0) is 18.3. The predicted octanol–water partition coefficient (Wildman–Crippen LogP) is 3.56. The van der Waals surface area contributed by atoms with Gasteiger partial charge in [-0.2, -0.15) is 13.9 Å². The fourth-order valence-electron chi connectivity index (χ4n) is 2.62. The van der Waals surface area contributed by atoms with E-state index in [1.165, 1.54) is 28.9 Å². The fraction of sp³-hybridized carbons (Fsp3) is 0.176. The Kier molecular flexibility index (Phi) is 4.00. The highest BCUT2D eigenvalue weighted by atomic mass is 19.3. The molecular weight excluding hydrogens is 351 g/mol. The molecule has 2 heterocycles. The molecule has 1 unspecified atom stereocenters. The second kappa shape index (κ2) is 6.34. The van der Waals surface area contributed by atoms with E-state index in [4.69, 9.17) is 4.74 Å². The average Bonchev–Trinajstić information content (AvgIpc) is 3.38. The number of ether oxygens (including phenoxy) is 2. The number of carbonyl (C=O) groups is 1. The van der Waals surface area contributed by atoms with Crippen molar-refractivity contribution >= 4 is 22.6 Å². The zero-order valence-electron chi connectivity index (χ0n) is 13.2. The molecule has 134 valence electrons. The lowest BCUT2D eigenvalue weighted by Gasteiger charge is -2.07. The number of nitrogens with zero attached hydrogens (tertiary/aromatic N) is 2. The van der Waals surface area contributed by atoms with Crippen molar-refractivity contribution in [3.8, 4) is 5.75 Å². The standard InChI is InChI=1S/C17H12F3N3O3/c18-10-6-4-9(5-7-10)16(24)21-15-11-2-1-3-12(26-17(19)20)14(11)23(22-15)13-8-25-13/h1-7,13,17H,8H2,(H,21,22,24). The molecule has 1 saturated heterocycles. The summed E-state index contributed by atoms with van der Waals surface area (Å²) in [5, 5.41) is 7.30. The van der Waals surface area contributed by atoms with Gasteiger partial charge in [-0.15, -0.1) is 0 Å². The smallest absolute Gasteiger partial charge is 0.387 e. The first-order valence-electron chi connectivity index (χ1n) is 7.67. The van der Waals surface area contributed by atoms with Gasteiger partial charge in [0.25, 0.3) is 5.91 Å². The number of nitrogens with one attached hydrogen (secondary N) is 1. The molecule has 0 spiro atoms. The summed E-state index contributed by atoms with van der Waals surface area (Å²) >= 11 is 0. The molecule has 1 fully saturated rings. The maximum atomic E-state index is 13.0. The average molecular weight is 363 g/mol. The summed E-state index contributed by atoms with van der Waals surface area (Å²) < 4.78 is 49.5. The van der Waals surface area contributed by atoms with Crippen molar-refractivity contribution in [1.82, 2.24) is 9.78 Å². The summed E-state index contributed by atoms with van der Waals surface area (Å²) in [6, 6.07) is 9.53. The van der Waals surface area contributed by atoms with Gasteiger partial charge in [0, 0.05) is 10.9 Å². The second-order valence-electron chi connectivity index (χ2n) is 5.57. The van der Waals surface area contributed by atoms with Crippen molar-refractivity contribution in [2.75, 3.05) is 11.9 Å². The van der Waals surface area contributed by atoms with Crippen LogP contribution in [0.15, 0.2) is 42.5 Å². The minimum Gasteiger partial charge on any atom is -0.433 e. The Morgan fingerprint density at radius 1 is 1.27 bits per heavy atom. The van der Waals surface area contributed by atoms with Gasteiger partial charge >= 0.3 is 6.61 Å². The Morgan fingerprint density at radius 3 is 2.65 bits per heavy atom. The first-order chi connectivity index (χ1) is 12.5. The zero-order valence-corrected chi connectivity index (χ0v) is 13.2. The van der Waals surface area contributed by atoms with Gasteiger partial charge in [-0.1, -0.05) is 6.07 Å². The number of hydrogen-bond donors (Lipinski definition) is 1. The number of epoxide rings is 1. The number of hydrogen-bond acceptors (Lipinski definition) is 4. The lowest BCUT2D eigenvalue weighted by Crippen LogP contribution is -2.12. The van der Waals surface area contributed by atoms with E-state index in [-0.39, 0.29) is 17.1 Å². The quantitative estimate of drug-likeness (QED) is 0.704. The molecule has 1 aliphatic heterocycles. The number of rotatable bonds is 5. The Balaban J connectivity index is 1.73. The van der Waals surface area contributed by atoms with Gasteiger partial charge in [0.2, 0.25) is 0 Å². The van der Waals surface area contributed by atoms with Gasteiger partial charge in [0.1, 0.15) is 11.3 Å². The summed E-state index contributed by atoms with van der Waals surface area (Å²) in [7, 11) is 0. The van der Waals surface area contributed by atoms with Gasteiger partial charge in [-0.05, 0) is 36.4 Å². The van der Waals surface area contributed by atoms with Gasteiger partial charge in [0.05, 0.1) is 6.61 Å². The maximum Gasteiger partial charge on any atom is 0.387 e. The van der Waals surface area contributed by atoms with Crippen LogP contribution in [0.2, 0.25) is 0 Å². The molecule has 0 saturated carbocycles. The van der Waals surface area contributed by atoms with E-state index in [0.717, 1.165) is 12.1 Å². The Hall–Kier alpha value is -3.07. The summed E-state index contributed by atoms with van der Waals surface area (Å²) in [5.41, 5.74) is 0.529. The third-order valence-electron chi connectivity index (χ3n) is 3.83. The number of para-hydroxylation sites is 1. The molecule has 2 aromatic carbocycles. The van der Waals surface area contributed by atoms with Crippen LogP contribution in [0.1, 0.15) is 16.6 Å². The predicted molar refractivity (Wildman–Crippen MR) is 85.7 cm³/mol. The van der Waals surface area contributed by atoms with Crippen LogP contribution in [0.3, 0.4) is 0 Å². The first kappa shape index (κ1) is 16.4. The van der Waals surface area contributed by atoms with Crippen LogP contribution in [0, 0.1) is 5.82 Å². The minimum atomic E-state index is -3.00. The van der Waals surface area contributed by atoms with Crippen molar-refractivity contribution in [3.63, 3.8) is 0 Å². The Morgan fingerprint density at radius 2 is 2.00 bits per heavy atom. The number of fused-ring (bicyclic) bond motifs is 1. The topological polar surface area (TPSA) is 68.7 Å². The first-order valence-corrected chi connectivity index (χ1v) is 7.67. The Bertz CT molecular complexity index is 969. The molecule has 9 heteroatoms. The molecule has 4 rings (SSSR count). The van der Waals surface area contributed by atoms with E-state index in [1.54, 1.807) is 6.07 Å². The molecule has 0 aliphatic carbocycles. The SMILES string of the molecule is O=C(Nc1nn(C2CO2)c2c(OC(F)F)cccc12)c1ccc(F)cc1. The summed E-state index contributed by atoms with van der Waals surface area (Å²) in [4.78, 5) is 12.4. The largest absolute Gasteiger partial charge is 0.433 e. The van der Waals surface area contributed by atoms with E-state index in [9.17, 15) is 18.0 Å². The number of halogens is 3. The molecule has 1 atom stereocenters. The summed E-state index contributed by atoms with van der Waals surface area (Å²) in [6.07, 6.45) is -0.406. The van der Waals surface area contributed by atoms with Crippen LogP contribution in [-0.4, -0.2) is 28.9 Å². The summed E-state index contributed by atoms with van der Waals surface area (Å²) in [5.74, 6) is -0.864.